The largest absolute Gasteiger partial charge is 0.388 e. The highest BCUT2D eigenvalue weighted by Gasteiger charge is 2.11. The van der Waals surface area contributed by atoms with Gasteiger partial charge in [-0.25, -0.2) is 0 Å². The Labute approximate surface area is 104 Å². The third-order valence-electron chi connectivity index (χ3n) is 2.01. The molecule has 0 spiro atoms. The lowest BCUT2D eigenvalue weighted by Crippen LogP contribution is -2.01. The Morgan fingerprint density at radius 3 is 2.87 bits per heavy atom. The number of alkyl halides is 1. The van der Waals surface area contributed by atoms with Gasteiger partial charge in [-0.05, 0) is 37.1 Å². The maximum atomic E-state index is 9.88. The molecule has 0 heterocycles. The average molecular weight is 288 g/mol. The lowest BCUT2D eigenvalue weighted by atomic mass is 10.0. The summed E-state index contributed by atoms with van der Waals surface area (Å²) in [5.41, 5.74) is 1.69. The quantitative estimate of drug-likeness (QED) is 0.666. The van der Waals surface area contributed by atoms with Crippen LogP contribution in [0.1, 0.15) is 30.6 Å². The Bertz CT molecular complexity index is 392. The van der Waals surface area contributed by atoms with E-state index >= 15 is 0 Å². The van der Waals surface area contributed by atoms with Crippen molar-refractivity contribution < 1.29 is 5.11 Å². The third kappa shape index (κ3) is 3.53. The van der Waals surface area contributed by atoms with Crippen LogP contribution in [0.25, 0.3) is 0 Å². The van der Waals surface area contributed by atoms with Crippen LogP contribution in [0.4, 0.5) is 0 Å². The number of aliphatic hydroxyl groups is 1. The third-order valence-corrected chi connectivity index (χ3v) is 2.73. The van der Waals surface area contributed by atoms with E-state index in [1.807, 2.05) is 18.2 Å². The summed E-state index contributed by atoms with van der Waals surface area (Å²) in [6.07, 6.45) is -0.00741. The van der Waals surface area contributed by atoms with Crippen LogP contribution in [0, 0.1) is 11.8 Å². The molecule has 0 bridgehead atoms. The van der Waals surface area contributed by atoms with E-state index in [0.29, 0.717) is 12.3 Å². The van der Waals surface area contributed by atoms with Gasteiger partial charge in [0.05, 0.1) is 6.10 Å². The predicted molar refractivity (Wildman–Crippen MR) is 67.0 cm³/mol. The minimum Gasteiger partial charge on any atom is -0.388 e. The number of hydrogen-bond donors (Lipinski definition) is 1. The van der Waals surface area contributed by atoms with E-state index in [2.05, 4.69) is 27.8 Å². The van der Waals surface area contributed by atoms with Crippen LogP contribution in [0.2, 0.25) is 0 Å². The van der Waals surface area contributed by atoms with Crippen molar-refractivity contribution in [1.29, 1.82) is 0 Å². The van der Waals surface area contributed by atoms with Crippen molar-refractivity contribution in [2.45, 2.75) is 19.4 Å². The zero-order valence-electron chi connectivity index (χ0n) is 8.43. The van der Waals surface area contributed by atoms with E-state index in [9.17, 15) is 5.11 Å². The first kappa shape index (κ1) is 12.6. The van der Waals surface area contributed by atoms with Gasteiger partial charge in [-0.2, -0.15) is 0 Å². The smallest absolute Gasteiger partial charge is 0.0813 e. The molecule has 0 radical (unpaired) electrons. The standard InChI is InChI=1S/C12H12BrClO/c1-2-3-9-4-5-10(13)8-11(9)12(15)6-7-14/h4-5,8,12,15H,6-7H2,1H3. The van der Waals surface area contributed by atoms with E-state index in [-0.39, 0.29) is 0 Å². The Balaban J connectivity index is 3.10. The van der Waals surface area contributed by atoms with Crippen molar-refractivity contribution in [1.82, 2.24) is 0 Å². The molecule has 1 nitrogen and oxygen atoms in total. The normalized spacial score (nSPS) is 11.7. The van der Waals surface area contributed by atoms with Crippen molar-refractivity contribution >= 4 is 27.5 Å². The number of hydrogen-bond acceptors (Lipinski definition) is 1. The fourth-order valence-corrected chi connectivity index (χ4v) is 1.90. The van der Waals surface area contributed by atoms with Gasteiger partial charge in [0, 0.05) is 15.9 Å². The van der Waals surface area contributed by atoms with Crippen LogP contribution in [-0.2, 0) is 0 Å². The van der Waals surface area contributed by atoms with Crippen LogP contribution < -0.4 is 0 Å². The van der Waals surface area contributed by atoms with E-state index in [4.69, 9.17) is 11.6 Å². The number of rotatable bonds is 3. The molecule has 1 aromatic carbocycles. The monoisotopic (exact) mass is 286 g/mol. The SMILES string of the molecule is CC#Cc1ccc(Br)cc1C(O)CCCl. The van der Waals surface area contributed by atoms with Crippen LogP contribution in [-0.4, -0.2) is 11.0 Å². The molecule has 0 aromatic heterocycles. The Hall–Kier alpha value is -0.490. The van der Waals surface area contributed by atoms with Gasteiger partial charge >= 0.3 is 0 Å². The zero-order chi connectivity index (χ0) is 11.3. The number of aliphatic hydroxyl groups excluding tert-OH is 1. The highest BCUT2D eigenvalue weighted by atomic mass is 79.9. The Morgan fingerprint density at radius 1 is 1.53 bits per heavy atom. The summed E-state index contributed by atoms with van der Waals surface area (Å²) >= 11 is 8.98. The summed E-state index contributed by atoms with van der Waals surface area (Å²) in [5, 5.41) is 9.88. The predicted octanol–water partition coefficient (Wildman–Crippen LogP) is 3.48. The summed E-state index contributed by atoms with van der Waals surface area (Å²) in [4.78, 5) is 0. The second-order valence-electron chi connectivity index (χ2n) is 3.10. The first-order valence-corrected chi connectivity index (χ1v) is 5.98. The molecule has 1 unspecified atom stereocenters. The van der Waals surface area contributed by atoms with Crippen molar-refractivity contribution in [3.63, 3.8) is 0 Å². The summed E-state index contributed by atoms with van der Waals surface area (Å²) in [6.45, 7) is 1.78. The van der Waals surface area contributed by atoms with Gasteiger partial charge in [-0.1, -0.05) is 21.9 Å². The zero-order valence-corrected chi connectivity index (χ0v) is 10.8. The van der Waals surface area contributed by atoms with Crippen LogP contribution in [0.3, 0.4) is 0 Å². The first-order chi connectivity index (χ1) is 7.19. The highest BCUT2D eigenvalue weighted by molar-refractivity contribution is 9.10. The summed E-state index contributed by atoms with van der Waals surface area (Å²) < 4.78 is 0.938. The minimum absolute atomic E-state index is 0.437. The molecule has 0 amide bonds. The van der Waals surface area contributed by atoms with Crippen molar-refractivity contribution in [3.05, 3.63) is 33.8 Å². The van der Waals surface area contributed by atoms with Crippen LogP contribution in [0.5, 0.6) is 0 Å². The van der Waals surface area contributed by atoms with Gasteiger partial charge < -0.3 is 5.11 Å². The lowest BCUT2D eigenvalue weighted by molar-refractivity contribution is 0.174. The van der Waals surface area contributed by atoms with Gasteiger partial charge in [-0.3, -0.25) is 0 Å². The van der Waals surface area contributed by atoms with E-state index in [1.165, 1.54) is 0 Å². The molecular weight excluding hydrogens is 275 g/mol. The molecule has 0 aliphatic rings. The van der Waals surface area contributed by atoms with E-state index in [1.54, 1.807) is 6.92 Å². The van der Waals surface area contributed by atoms with Crippen LogP contribution >= 0.6 is 27.5 Å². The summed E-state index contributed by atoms with van der Waals surface area (Å²) in [7, 11) is 0. The maximum absolute atomic E-state index is 9.88. The Kier molecular flexibility index (Phi) is 5.17. The molecule has 0 saturated heterocycles. The van der Waals surface area contributed by atoms with Crippen molar-refractivity contribution in [2.24, 2.45) is 0 Å². The lowest BCUT2D eigenvalue weighted by Gasteiger charge is -2.11. The van der Waals surface area contributed by atoms with Crippen molar-refractivity contribution in [2.75, 3.05) is 5.88 Å². The highest BCUT2D eigenvalue weighted by Crippen LogP contribution is 2.24. The summed E-state index contributed by atoms with van der Waals surface area (Å²) in [5.74, 6) is 6.24. The molecule has 1 aromatic rings. The average Bonchev–Trinajstić information content (AvgIpc) is 2.21. The first-order valence-electron chi connectivity index (χ1n) is 4.65. The molecule has 80 valence electrons. The molecule has 0 fully saturated rings. The molecular formula is C12H12BrClO. The molecule has 3 heteroatoms. The van der Waals surface area contributed by atoms with Gasteiger partial charge in [0.15, 0.2) is 0 Å². The molecule has 0 aliphatic heterocycles. The molecule has 1 atom stereocenters. The Morgan fingerprint density at radius 2 is 2.27 bits per heavy atom. The van der Waals surface area contributed by atoms with Gasteiger partial charge in [-0.15, -0.1) is 17.5 Å². The molecule has 0 aliphatic carbocycles. The minimum atomic E-state index is -0.546. The van der Waals surface area contributed by atoms with Gasteiger partial charge in [0.25, 0.3) is 0 Å². The van der Waals surface area contributed by atoms with Gasteiger partial charge in [0.2, 0.25) is 0 Å². The number of benzene rings is 1. The molecule has 15 heavy (non-hydrogen) atoms. The number of halogens is 2. The molecule has 1 N–H and O–H groups in total. The topological polar surface area (TPSA) is 20.2 Å². The molecule has 1 rings (SSSR count). The van der Waals surface area contributed by atoms with Crippen LogP contribution in [0.15, 0.2) is 22.7 Å². The van der Waals surface area contributed by atoms with E-state index < -0.39 is 6.10 Å². The van der Waals surface area contributed by atoms with Crippen molar-refractivity contribution in [3.8, 4) is 11.8 Å². The fraction of sp³-hybridized carbons (Fsp3) is 0.333. The van der Waals surface area contributed by atoms with E-state index in [0.717, 1.165) is 15.6 Å². The summed E-state index contributed by atoms with van der Waals surface area (Å²) in [6, 6.07) is 5.70. The fourth-order valence-electron chi connectivity index (χ4n) is 1.32. The second-order valence-corrected chi connectivity index (χ2v) is 4.39. The maximum Gasteiger partial charge on any atom is 0.0813 e. The molecule has 0 saturated carbocycles. The van der Waals surface area contributed by atoms with Gasteiger partial charge in [0.1, 0.15) is 0 Å². The second kappa shape index (κ2) is 6.17.